The molecule has 0 atom stereocenters. The highest BCUT2D eigenvalue weighted by molar-refractivity contribution is 8.00. The van der Waals surface area contributed by atoms with E-state index in [2.05, 4.69) is 52.0 Å². The Morgan fingerprint density at radius 2 is 1.96 bits per heavy atom. The van der Waals surface area contributed by atoms with Gasteiger partial charge in [0.1, 0.15) is 10.9 Å². The van der Waals surface area contributed by atoms with Crippen LogP contribution >= 0.6 is 23.1 Å². The van der Waals surface area contributed by atoms with E-state index < -0.39 is 0 Å². The molecule has 0 bridgehead atoms. The number of thiophene rings is 1. The second-order valence-corrected chi connectivity index (χ2v) is 9.15. The molecule has 1 amide bonds. The summed E-state index contributed by atoms with van der Waals surface area (Å²) in [6.07, 6.45) is 0.806. The summed E-state index contributed by atoms with van der Waals surface area (Å²) in [5.74, 6) is 1.19. The number of hydrogen-bond acceptors (Lipinski definition) is 5. The number of carbonyl (C=O) groups excluding carboxylic acids is 1. The third-order valence-electron chi connectivity index (χ3n) is 4.66. The van der Waals surface area contributed by atoms with Gasteiger partial charge >= 0.3 is 0 Å². The number of aromatic nitrogens is 3. The average molecular weight is 411 g/mol. The van der Waals surface area contributed by atoms with Crippen molar-refractivity contribution in [2.45, 2.75) is 39.1 Å². The van der Waals surface area contributed by atoms with Crippen LogP contribution in [0.3, 0.4) is 0 Å². The first-order chi connectivity index (χ1) is 13.5. The second-order valence-electron chi connectivity index (χ2n) is 6.90. The molecule has 3 heterocycles. The molecule has 0 fully saturated rings. The molecule has 0 radical (unpaired) electrons. The van der Waals surface area contributed by atoms with E-state index in [0.29, 0.717) is 5.75 Å². The van der Waals surface area contributed by atoms with Crippen molar-refractivity contribution in [2.75, 3.05) is 11.1 Å². The first-order valence-electron chi connectivity index (χ1n) is 9.23. The lowest BCUT2D eigenvalue weighted by Gasteiger charge is -2.10. The number of fused-ring (bicyclic) bond motifs is 3. The topological polar surface area (TPSA) is 59.3 Å². The Bertz CT molecular complexity index is 1190. The van der Waals surface area contributed by atoms with Crippen LogP contribution in [0, 0.1) is 20.8 Å². The number of thioether (sulfide) groups is 1. The molecule has 3 aromatic heterocycles. The number of anilines is 1. The van der Waals surface area contributed by atoms with Crippen LogP contribution in [0.25, 0.3) is 15.7 Å². The molecule has 7 heteroatoms. The van der Waals surface area contributed by atoms with Crippen molar-refractivity contribution in [3.8, 4) is 0 Å². The second kappa shape index (κ2) is 7.56. The first-order valence-corrected chi connectivity index (χ1v) is 11.0. The molecule has 1 aromatic carbocycles. The van der Waals surface area contributed by atoms with Crippen LogP contribution in [0.2, 0.25) is 0 Å². The summed E-state index contributed by atoms with van der Waals surface area (Å²) in [5.41, 5.74) is 5.30. The van der Waals surface area contributed by atoms with Gasteiger partial charge in [0, 0.05) is 17.0 Å². The quantitative estimate of drug-likeness (QED) is 0.462. The fraction of sp³-hybridized carbons (Fsp3) is 0.286. The van der Waals surface area contributed by atoms with E-state index in [1.165, 1.54) is 32.4 Å². The molecule has 0 unspecified atom stereocenters. The van der Waals surface area contributed by atoms with E-state index in [-0.39, 0.29) is 5.91 Å². The minimum Gasteiger partial charge on any atom is -0.325 e. The van der Waals surface area contributed by atoms with Crippen molar-refractivity contribution in [1.82, 2.24) is 14.6 Å². The van der Waals surface area contributed by atoms with Gasteiger partial charge in [-0.25, -0.2) is 0 Å². The zero-order valence-electron chi connectivity index (χ0n) is 16.4. The molecule has 0 saturated carbocycles. The third-order valence-corrected chi connectivity index (χ3v) is 6.62. The van der Waals surface area contributed by atoms with Gasteiger partial charge in [-0.05, 0) is 44.5 Å². The van der Waals surface area contributed by atoms with Crippen molar-refractivity contribution in [1.29, 1.82) is 0 Å². The highest BCUT2D eigenvalue weighted by atomic mass is 32.2. The highest BCUT2D eigenvalue weighted by Crippen LogP contribution is 2.33. The molecule has 0 aliphatic heterocycles. The van der Waals surface area contributed by atoms with Gasteiger partial charge in [-0.2, -0.15) is 0 Å². The number of carbonyl (C=O) groups is 1. The van der Waals surface area contributed by atoms with Gasteiger partial charge in [-0.3, -0.25) is 9.20 Å². The lowest BCUT2D eigenvalue weighted by atomic mass is 10.1. The first kappa shape index (κ1) is 19.0. The number of rotatable bonds is 5. The molecule has 1 N–H and O–H groups in total. The van der Waals surface area contributed by atoms with E-state index in [4.69, 9.17) is 0 Å². The zero-order chi connectivity index (χ0) is 19.8. The monoisotopic (exact) mass is 410 g/mol. The van der Waals surface area contributed by atoms with E-state index in [9.17, 15) is 4.79 Å². The van der Waals surface area contributed by atoms with E-state index in [1.807, 2.05) is 26.0 Å². The smallest absolute Gasteiger partial charge is 0.234 e. The number of hydrogen-bond donors (Lipinski definition) is 1. The van der Waals surface area contributed by atoms with Gasteiger partial charge in [0.15, 0.2) is 0 Å². The molecular formula is C21H22N4OS2. The summed E-state index contributed by atoms with van der Waals surface area (Å²) in [4.78, 5) is 13.7. The van der Waals surface area contributed by atoms with Gasteiger partial charge in [-0.15, -0.1) is 21.5 Å². The van der Waals surface area contributed by atoms with Crippen molar-refractivity contribution in [2.24, 2.45) is 0 Å². The summed E-state index contributed by atoms with van der Waals surface area (Å²) in [5, 5.41) is 12.6. The number of benzene rings is 1. The molecule has 0 aliphatic rings. The summed E-state index contributed by atoms with van der Waals surface area (Å²) in [6, 6.07) is 10.4. The normalized spacial score (nSPS) is 11.4. The Morgan fingerprint density at radius 1 is 1.14 bits per heavy atom. The number of aryl methyl sites for hydroxylation is 4. The summed E-state index contributed by atoms with van der Waals surface area (Å²) in [6.45, 7) is 8.24. The number of nitrogens with one attached hydrogen (secondary N) is 1. The van der Waals surface area contributed by atoms with Crippen LogP contribution in [0.15, 0.2) is 35.4 Å². The van der Waals surface area contributed by atoms with Crippen LogP contribution in [0.1, 0.15) is 28.8 Å². The lowest BCUT2D eigenvalue weighted by molar-refractivity contribution is -0.113. The minimum absolute atomic E-state index is 0.0410. The molecule has 144 valence electrons. The van der Waals surface area contributed by atoms with E-state index >= 15 is 0 Å². The lowest BCUT2D eigenvalue weighted by Crippen LogP contribution is -2.15. The molecule has 0 saturated heterocycles. The summed E-state index contributed by atoms with van der Waals surface area (Å²) < 4.78 is 3.40. The van der Waals surface area contributed by atoms with Crippen LogP contribution in [-0.2, 0) is 11.2 Å². The van der Waals surface area contributed by atoms with Crippen molar-refractivity contribution in [3.05, 3.63) is 52.2 Å². The maximum Gasteiger partial charge on any atom is 0.234 e. The van der Waals surface area contributed by atoms with Crippen LogP contribution in [-0.4, -0.2) is 26.3 Å². The Hall–Kier alpha value is -2.38. The van der Waals surface area contributed by atoms with Crippen LogP contribution < -0.4 is 5.32 Å². The average Bonchev–Trinajstić information content (AvgIpc) is 3.18. The molecule has 4 rings (SSSR count). The Balaban J connectivity index is 1.58. The van der Waals surface area contributed by atoms with Gasteiger partial charge in [0.2, 0.25) is 5.91 Å². The van der Waals surface area contributed by atoms with Gasteiger partial charge in [0.25, 0.3) is 0 Å². The van der Waals surface area contributed by atoms with Gasteiger partial charge in [-0.1, -0.05) is 36.4 Å². The standard InChI is InChI=1S/C21H22N4OS2/c1-5-19-23-24-21(17-10-18-16(25(17)19)9-14(4)28-18)27-11-20(26)22-15-7-6-12(2)8-13(15)3/h6-10H,5,11H2,1-4H3,(H,22,26). The fourth-order valence-electron chi connectivity index (χ4n) is 3.36. The maximum atomic E-state index is 12.5. The van der Waals surface area contributed by atoms with Crippen molar-refractivity contribution in [3.63, 3.8) is 0 Å². The molecule has 4 aromatic rings. The van der Waals surface area contributed by atoms with Crippen molar-refractivity contribution >= 4 is 50.4 Å². The largest absolute Gasteiger partial charge is 0.325 e. The highest BCUT2D eigenvalue weighted by Gasteiger charge is 2.16. The molecular weight excluding hydrogens is 388 g/mol. The predicted molar refractivity (Wildman–Crippen MR) is 118 cm³/mol. The Labute approximate surface area is 172 Å². The number of amides is 1. The van der Waals surface area contributed by atoms with E-state index in [0.717, 1.165) is 34.0 Å². The molecule has 0 spiro atoms. The molecule has 28 heavy (non-hydrogen) atoms. The van der Waals surface area contributed by atoms with Gasteiger partial charge < -0.3 is 5.32 Å². The van der Waals surface area contributed by atoms with Crippen molar-refractivity contribution < 1.29 is 4.79 Å². The number of nitrogens with zero attached hydrogens (tertiary/aromatic N) is 3. The Kier molecular flexibility index (Phi) is 5.12. The third kappa shape index (κ3) is 3.52. The summed E-state index contributed by atoms with van der Waals surface area (Å²) >= 11 is 3.20. The Morgan fingerprint density at radius 3 is 2.71 bits per heavy atom. The molecule has 0 aliphatic carbocycles. The molecule has 5 nitrogen and oxygen atoms in total. The predicted octanol–water partition coefficient (Wildman–Crippen LogP) is 5.16. The fourth-order valence-corrected chi connectivity index (χ4v) is 5.04. The van der Waals surface area contributed by atoms with E-state index in [1.54, 1.807) is 11.3 Å². The maximum absolute atomic E-state index is 12.5. The van der Waals surface area contributed by atoms with Crippen LogP contribution in [0.4, 0.5) is 5.69 Å². The van der Waals surface area contributed by atoms with Crippen LogP contribution in [0.5, 0.6) is 0 Å². The van der Waals surface area contributed by atoms with Gasteiger partial charge in [0.05, 0.1) is 21.5 Å². The minimum atomic E-state index is -0.0410. The SMILES string of the molecule is CCc1nnc(SCC(=O)Nc2ccc(C)cc2C)c2cc3sc(C)cc3n12. The zero-order valence-corrected chi connectivity index (χ0v) is 18.0. The summed E-state index contributed by atoms with van der Waals surface area (Å²) in [7, 11) is 0.